The van der Waals surface area contributed by atoms with Crippen LogP contribution in [0.2, 0.25) is 0 Å². The van der Waals surface area contributed by atoms with Gasteiger partial charge in [0.2, 0.25) is 0 Å². The van der Waals surface area contributed by atoms with E-state index in [0.29, 0.717) is 0 Å². The summed E-state index contributed by atoms with van der Waals surface area (Å²) in [4.78, 5) is 4.65. The first-order chi connectivity index (χ1) is 10.2. The Morgan fingerprint density at radius 1 is 1.14 bits per heavy atom. The van der Waals surface area contributed by atoms with Crippen molar-refractivity contribution in [2.24, 2.45) is 0 Å². The number of nitrogens with one attached hydrogen (secondary N) is 1. The van der Waals surface area contributed by atoms with Gasteiger partial charge in [-0.25, -0.2) is 4.98 Å². The first-order valence-electron chi connectivity index (χ1n) is 7.37. The predicted octanol–water partition coefficient (Wildman–Crippen LogP) is 3.84. The van der Waals surface area contributed by atoms with Crippen LogP contribution in [0.15, 0.2) is 36.4 Å². The third kappa shape index (κ3) is 2.49. The normalized spacial score (nSPS) is 11.0. The molecule has 4 heteroatoms. The number of hydrogen-bond donors (Lipinski definition) is 1. The van der Waals surface area contributed by atoms with Crippen LogP contribution in [0.5, 0.6) is 0 Å². The fraction of sp³-hybridized carbons (Fsp3) is 0.294. The van der Waals surface area contributed by atoms with Crippen molar-refractivity contribution in [3.63, 3.8) is 0 Å². The van der Waals surface area contributed by atoms with Crippen LogP contribution in [0.4, 0.5) is 5.82 Å². The van der Waals surface area contributed by atoms with E-state index in [1.54, 1.807) is 0 Å². The van der Waals surface area contributed by atoms with Gasteiger partial charge in [0.1, 0.15) is 5.82 Å². The van der Waals surface area contributed by atoms with Crippen molar-refractivity contribution in [1.29, 1.82) is 0 Å². The maximum Gasteiger partial charge on any atom is 0.161 e. The molecule has 0 amide bonds. The molecule has 3 rings (SSSR count). The van der Waals surface area contributed by atoms with E-state index in [2.05, 4.69) is 36.3 Å². The molecule has 21 heavy (non-hydrogen) atoms. The quantitative estimate of drug-likeness (QED) is 0.789. The van der Waals surface area contributed by atoms with Crippen LogP contribution in [0.3, 0.4) is 0 Å². The molecule has 0 spiro atoms. The minimum atomic E-state index is 0.924. The molecule has 1 N–H and O–H groups in total. The van der Waals surface area contributed by atoms with E-state index in [1.807, 2.05) is 35.7 Å². The molecule has 0 fully saturated rings. The van der Waals surface area contributed by atoms with E-state index in [-0.39, 0.29) is 0 Å². The molecule has 2 heterocycles. The van der Waals surface area contributed by atoms with Crippen LogP contribution in [0, 0.1) is 13.8 Å². The number of nitrogens with zero attached hydrogens (tertiary/aromatic N) is 3. The highest BCUT2D eigenvalue weighted by Gasteiger charge is 2.14. The zero-order valence-corrected chi connectivity index (χ0v) is 12.7. The second-order valence-electron chi connectivity index (χ2n) is 5.28. The standard InChI is InChI=1S/C17H20N4/c1-4-10-18-15-11-12(2)19-17-13(3)16(20-21(15)17)14-8-6-5-7-9-14/h5-9,11,18H,4,10H2,1-3H3. The zero-order valence-electron chi connectivity index (χ0n) is 12.7. The summed E-state index contributed by atoms with van der Waals surface area (Å²) in [5.74, 6) is 1.00. The lowest BCUT2D eigenvalue weighted by atomic mass is 10.1. The van der Waals surface area contributed by atoms with Crippen LogP contribution in [0.25, 0.3) is 16.9 Å². The van der Waals surface area contributed by atoms with E-state index in [1.165, 1.54) is 0 Å². The summed E-state index contributed by atoms with van der Waals surface area (Å²) in [7, 11) is 0. The molecule has 0 unspecified atom stereocenters. The molecular formula is C17H20N4. The smallest absolute Gasteiger partial charge is 0.161 e. The Morgan fingerprint density at radius 3 is 2.62 bits per heavy atom. The number of benzene rings is 1. The number of aryl methyl sites for hydroxylation is 2. The summed E-state index contributed by atoms with van der Waals surface area (Å²) < 4.78 is 1.92. The van der Waals surface area contributed by atoms with Gasteiger partial charge in [0.25, 0.3) is 0 Å². The van der Waals surface area contributed by atoms with Crippen molar-refractivity contribution in [3.05, 3.63) is 47.7 Å². The molecule has 0 bridgehead atoms. The van der Waals surface area contributed by atoms with Crippen LogP contribution in [-0.4, -0.2) is 21.1 Å². The molecule has 0 aliphatic heterocycles. The molecule has 0 atom stereocenters. The Hall–Kier alpha value is -2.36. The van der Waals surface area contributed by atoms with Crippen LogP contribution in [-0.2, 0) is 0 Å². The van der Waals surface area contributed by atoms with Crippen LogP contribution >= 0.6 is 0 Å². The zero-order chi connectivity index (χ0) is 14.8. The van der Waals surface area contributed by atoms with Gasteiger partial charge in [0.15, 0.2) is 5.65 Å². The SMILES string of the molecule is CCCNc1cc(C)nc2c(C)c(-c3ccccc3)nn12. The number of hydrogen-bond acceptors (Lipinski definition) is 3. The monoisotopic (exact) mass is 280 g/mol. The second kappa shape index (κ2) is 5.56. The van der Waals surface area contributed by atoms with Crippen molar-refractivity contribution < 1.29 is 0 Å². The van der Waals surface area contributed by atoms with Gasteiger partial charge < -0.3 is 5.32 Å². The average molecular weight is 280 g/mol. The molecule has 1 aromatic carbocycles. The highest BCUT2D eigenvalue weighted by Crippen LogP contribution is 2.26. The molecule has 0 aliphatic carbocycles. The Balaban J connectivity index is 2.19. The first-order valence-corrected chi connectivity index (χ1v) is 7.37. The molecule has 0 saturated heterocycles. The lowest BCUT2D eigenvalue weighted by molar-refractivity contribution is 0.899. The molecule has 0 aliphatic rings. The topological polar surface area (TPSA) is 42.2 Å². The number of fused-ring (bicyclic) bond motifs is 1. The molecule has 0 radical (unpaired) electrons. The van der Waals surface area contributed by atoms with Gasteiger partial charge in [-0.3, -0.25) is 0 Å². The third-order valence-electron chi connectivity index (χ3n) is 3.55. The van der Waals surface area contributed by atoms with E-state index in [4.69, 9.17) is 5.10 Å². The lowest BCUT2D eigenvalue weighted by Crippen LogP contribution is -2.07. The Kier molecular flexibility index (Phi) is 3.60. The van der Waals surface area contributed by atoms with Gasteiger partial charge in [0, 0.05) is 29.4 Å². The summed E-state index contributed by atoms with van der Waals surface area (Å²) >= 11 is 0. The van der Waals surface area contributed by atoms with E-state index >= 15 is 0 Å². The molecule has 4 nitrogen and oxygen atoms in total. The Bertz CT molecular complexity index is 759. The van der Waals surface area contributed by atoms with Gasteiger partial charge in [-0.2, -0.15) is 9.61 Å². The van der Waals surface area contributed by atoms with Gasteiger partial charge in [-0.1, -0.05) is 37.3 Å². The predicted molar refractivity (Wildman–Crippen MR) is 86.7 cm³/mol. The summed E-state index contributed by atoms with van der Waals surface area (Å²) in [5.41, 5.74) is 5.16. The fourth-order valence-electron chi connectivity index (χ4n) is 2.49. The number of anilines is 1. The van der Waals surface area contributed by atoms with Crippen LogP contribution in [0.1, 0.15) is 24.6 Å². The van der Waals surface area contributed by atoms with Crippen molar-refractivity contribution in [2.45, 2.75) is 27.2 Å². The minimum absolute atomic E-state index is 0.924. The molecule has 2 aromatic heterocycles. The second-order valence-corrected chi connectivity index (χ2v) is 5.28. The van der Waals surface area contributed by atoms with Crippen molar-refractivity contribution in [1.82, 2.24) is 14.6 Å². The molecule has 108 valence electrons. The average Bonchev–Trinajstić information content (AvgIpc) is 2.83. The van der Waals surface area contributed by atoms with Crippen molar-refractivity contribution in [3.8, 4) is 11.3 Å². The Morgan fingerprint density at radius 2 is 1.90 bits per heavy atom. The van der Waals surface area contributed by atoms with E-state index in [9.17, 15) is 0 Å². The minimum Gasteiger partial charge on any atom is -0.370 e. The molecule has 3 aromatic rings. The maximum atomic E-state index is 4.77. The summed E-state index contributed by atoms with van der Waals surface area (Å²) in [6.07, 6.45) is 1.08. The first kappa shape index (κ1) is 13.6. The van der Waals surface area contributed by atoms with Gasteiger partial charge in [-0.15, -0.1) is 0 Å². The highest BCUT2D eigenvalue weighted by atomic mass is 15.3. The highest BCUT2D eigenvalue weighted by molar-refractivity contribution is 5.71. The van der Waals surface area contributed by atoms with E-state index < -0.39 is 0 Å². The summed E-state index contributed by atoms with van der Waals surface area (Å²) in [6.45, 7) is 7.19. The lowest BCUT2D eigenvalue weighted by Gasteiger charge is -2.07. The Labute approximate surface area is 124 Å². The third-order valence-corrected chi connectivity index (χ3v) is 3.55. The largest absolute Gasteiger partial charge is 0.370 e. The fourth-order valence-corrected chi connectivity index (χ4v) is 2.49. The molecule has 0 saturated carbocycles. The van der Waals surface area contributed by atoms with Gasteiger partial charge in [0.05, 0.1) is 5.69 Å². The van der Waals surface area contributed by atoms with Crippen molar-refractivity contribution in [2.75, 3.05) is 11.9 Å². The van der Waals surface area contributed by atoms with E-state index in [0.717, 1.165) is 46.9 Å². The number of rotatable bonds is 4. The van der Waals surface area contributed by atoms with Gasteiger partial charge >= 0.3 is 0 Å². The van der Waals surface area contributed by atoms with Crippen LogP contribution < -0.4 is 5.32 Å². The van der Waals surface area contributed by atoms with Gasteiger partial charge in [-0.05, 0) is 20.3 Å². The summed E-state index contributed by atoms with van der Waals surface area (Å²) in [6, 6.07) is 12.3. The molecular weight excluding hydrogens is 260 g/mol. The van der Waals surface area contributed by atoms with Crippen molar-refractivity contribution >= 4 is 11.5 Å². The maximum absolute atomic E-state index is 4.77. The summed E-state index contributed by atoms with van der Waals surface area (Å²) in [5, 5.41) is 8.20. The number of aromatic nitrogens is 3.